The van der Waals surface area contributed by atoms with E-state index in [1.54, 1.807) is 0 Å². The summed E-state index contributed by atoms with van der Waals surface area (Å²) in [6, 6.07) is 2.94. The topological polar surface area (TPSA) is 54.5 Å². The van der Waals surface area contributed by atoms with Crippen LogP contribution in [0, 0.1) is 5.92 Å². The second kappa shape index (κ2) is 6.01. The van der Waals surface area contributed by atoms with E-state index >= 15 is 0 Å². The van der Waals surface area contributed by atoms with Gasteiger partial charge in [0.05, 0.1) is 17.0 Å². The molecule has 1 atom stereocenters. The molecule has 0 N–H and O–H groups in total. The van der Waals surface area contributed by atoms with Crippen molar-refractivity contribution in [3.63, 3.8) is 0 Å². The van der Waals surface area contributed by atoms with E-state index in [1.165, 1.54) is 11.0 Å². The molecule has 1 aliphatic heterocycles. The highest BCUT2D eigenvalue weighted by Crippen LogP contribution is 2.37. The van der Waals surface area contributed by atoms with Gasteiger partial charge in [0.2, 0.25) is 15.0 Å². The molecule has 2 rings (SSSR count). The first kappa shape index (κ1) is 17.6. The molecule has 1 unspecified atom stereocenters. The molecule has 0 bridgehead atoms. The van der Waals surface area contributed by atoms with Gasteiger partial charge in [-0.1, -0.05) is 0 Å². The minimum absolute atomic E-state index is 0.0145. The Balaban J connectivity index is 2.24. The Morgan fingerprint density at radius 3 is 2.50 bits per heavy atom. The van der Waals surface area contributed by atoms with Crippen LogP contribution in [-0.4, -0.2) is 26.6 Å². The zero-order chi connectivity index (χ0) is 16.7. The highest BCUT2D eigenvalue weighted by atomic mass is 79.9. The van der Waals surface area contributed by atoms with E-state index < -0.39 is 26.7 Å². The quantitative estimate of drug-likeness (QED) is 0.705. The summed E-state index contributed by atoms with van der Waals surface area (Å²) >= 11 is 3.02. The minimum atomic E-state index is -4.48. The Labute approximate surface area is 137 Å². The number of halogens is 5. The van der Waals surface area contributed by atoms with Gasteiger partial charge in [-0.25, -0.2) is 8.42 Å². The van der Waals surface area contributed by atoms with E-state index in [0.29, 0.717) is 0 Å². The SMILES string of the molecule is O=C1CC(CS(=O)(=O)Cl)CN1c1ccc(C(F)(F)F)cc1Br. The lowest BCUT2D eigenvalue weighted by molar-refractivity contribution is -0.137. The van der Waals surface area contributed by atoms with Gasteiger partial charge in [-0.15, -0.1) is 0 Å². The molecule has 10 heteroatoms. The number of benzene rings is 1. The van der Waals surface area contributed by atoms with Crippen molar-refractivity contribution in [2.24, 2.45) is 5.92 Å². The molecule has 0 aromatic heterocycles. The summed E-state index contributed by atoms with van der Waals surface area (Å²) < 4.78 is 60.1. The van der Waals surface area contributed by atoms with Gasteiger partial charge < -0.3 is 4.90 Å². The predicted molar refractivity (Wildman–Crippen MR) is 79.2 cm³/mol. The molecule has 1 aliphatic rings. The lowest BCUT2D eigenvalue weighted by Gasteiger charge is -2.19. The summed E-state index contributed by atoms with van der Waals surface area (Å²) in [6.45, 7) is 0.0920. The predicted octanol–water partition coefficient (Wildman–Crippen LogP) is 3.39. The van der Waals surface area contributed by atoms with Crippen molar-refractivity contribution in [3.8, 4) is 0 Å². The summed E-state index contributed by atoms with van der Waals surface area (Å²) in [5.41, 5.74) is -0.567. The van der Waals surface area contributed by atoms with Crippen LogP contribution in [0.3, 0.4) is 0 Å². The van der Waals surface area contributed by atoms with Crippen molar-refractivity contribution in [2.75, 3.05) is 17.2 Å². The molecule has 1 aromatic carbocycles. The monoisotopic (exact) mass is 419 g/mol. The Morgan fingerprint density at radius 2 is 2.00 bits per heavy atom. The van der Waals surface area contributed by atoms with Crippen molar-refractivity contribution < 1.29 is 26.4 Å². The molecule has 4 nitrogen and oxygen atoms in total. The standard InChI is InChI=1S/C12H10BrClF3NO3S/c13-9-4-8(12(15,16)17)1-2-10(9)18-5-7(3-11(18)19)6-22(14,20)21/h1-2,4,7H,3,5-6H2. The average Bonchev–Trinajstić information content (AvgIpc) is 2.66. The summed E-state index contributed by atoms with van der Waals surface area (Å²) in [5, 5.41) is 0. The lowest BCUT2D eigenvalue weighted by Crippen LogP contribution is -2.25. The molecule has 1 saturated heterocycles. The average molecular weight is 421 g/mol. The van der Waals surface area contributed by atoms with Gasteiger partial charge in [0.1, 0.15) is 0 Å². The fourth-order valence-electron chi connectivity index (χ4n) is 2.31. The van der Waals surface area contributed by atoms with Crippen LogP contribution in [0.1, 0.15) is 12.0 Å². The van der Waals surface area contributed by atoms with E-state index in [1.807, 2.05) is 0 Å². The maximum absolute atomic E-state index is 12.6. The molecule has 122 valence electrons. The fraction of sp³-hybridized carbons (Fsp3) is 0.417. The van der Waals surface area contributed by atoms with Gasteiger partial charge >= 0.3 is 6.18 Å². The first-order chi connectivity index (χ1) is 9.97. The summed E-state index contributed by atoms with van der Waals surface area (Å²) in [7, 11) is 1.43. The maximum Gasteiger partial charge on any atom is 0.416 e. The zero-order valence-corrected chi connectivity index (χ0v) is 14.1. The number of amides is 1. The highest BCUT2D eigenvalue weighted by Gasteiger charge is 2.35. The van der Waals surface area contributed by atoms with Gasteiger partial charge in [0.25, 0.3) is 0 Å². The van der Waals surface area contributed by atoms with Crippen molar-refractivity contribution in [2.45, 2.75) is 12.6 Å². The number of carbonyl (C=O) groups excluding carboxylic acids is 1. The smallest absolute Gasteiger partial charge is 0.311 e. The molecular formula is C12H10BrClF3NO3S. The third-order valence-electron chi connectivity index (χ3n) is 3.21. The molecule has 0 spiro atoms. The number of rotatable bonds is 3. The number of anilines is 1. The lowest BCUT2D eigenvalue weighted by atomic mass is 10.1. The van der Waals surface area contributed by atoms with Crippen LogP contribution < -0.4 is 4.90 Å². The molecule has 0 radical (unpaired) electrons. The Kier molecular flexibility index (Phi) is 4.79. The fourth-order valence-corrected chi connectivity index (χ4v) is 4.22. The van der Waals surface area contributed by atoms with E-state index in [-0.39, 0.29) is 34.8 Å². The van der Waals surface area contributed by atoms with Gasteiger partial charge in [-0.05, 0) is 34.1 Å². The van der Waals surface area contributed by atoms with Gasteiger partial charge in [-0.3, -0.25) is 4.79 Å². The number of hydrogen-bond donors (Lipinski definition) is 0. The molecule has 1 amide bonds. The van der Waals surface area contributed by atoms with Crippen LogP contribution in [0.4, 0.5) is 18.9 Å². The van der Waals surface area contributed by atoms with E-state index in [0.717, 1.165) is 12.1 Å². The van der Waals surface area contributed by atoms with Crippen LogP contribution in [0.2, 0.25) is 0 Å². The van der Waals surface area contributed by atoms with Crippen LogP contribution in [-0.2, 0) is 20.0 Å². The number of hydrogen-bond acceptors (Lipinski definition) is 3. The Hall–Kier alpha value is -0.800. The van der Waals surface area contributed by atoms with Gasteiger partial charge in [-0.2, -0.15) is 13.2 Å². The van der Waals surface area contributed by atoms with Crippen LogP contribution >= 0.6 is 26.6 Å². The molecule has 22 heavy (non-hydrogen) atoms. The number of nitrogens with zero attached hydrogens (tertiary/aromatic N) is 1. The van der Waals surface area contributed by atoms with Crippen molar-refractivity contribution in [1.82, 2.24) is 0 Å². The molecule has 0 aliphatic carbocycles. The maximum atomic E-state index is 12.6. The molecular weight excluding hydrogens is 411 g/mol. The van der Waals surface area contributed by atoms with Gasteiger partial charge in [0.15, 0.2) is 0 Å². The zero-order valence-electron chi connectivity index (χ0n) is 10.9. The third-order valence-corrected chi connectivity index (χ3v) is 5.09. The van der Waals surface area contributed by atoms with Crippen molar-refractivity contribution in [1.29, 1.82) is 0 Å². The Bertz CT molecular complexity index is 708. The number of alkyl halides is 3. The van der Waals surface area contributed by atoms with Gasteiger partial charge in [0, 0.05) is 34.0 Å². The molecule has 1 aromatic rings. The van der Waals surface area contributed by atoms with E-state index in [4.69, 9.17) is 10.7 Å². The van der Waals surface area contributed by atoms with Crippen LogP contribution in [0.5, 0.6) is 0 Å². The molecule has 0 saturated carbocycles. The van der Waals surface area contributed by atoms with Crippen molar-refractivity contribution >= 4 is 47.3 Å². The summed E-state index contributed by atoms with van der Waals surface area (Å²) in [5.74, 6) is -1.19. The summed E-state index contributed by atoms with van der Waals surface area (Å²) in [6.07, 6.45) is -4.50. The second-order valence-corrected chi connectivity index (χ2v) is 8.62. The van der Waals surface area contributed by atoms with E-state index in [9.17, 15) is 26.4 Å². The second-order valence-electron chi connectivity index (χ2n) is 4.94. The minimum Gasteiger partial charge on any atom is -0.311 e. The normalized spacial score (nSPS) is 19.8. The van der Waals surface area contributed by atoms with E-state index in [2.05, 4.69) is 15.9 Å². The Morgan fingerprint density at radius 1 is 1.36 bits per heavy atom. The molecule has 1 heterocycles. The van der Waals surface area contributed by atoms with Crippen molar-refractivity contribution in [3.05, 3.63) is 28.2 Å². The van der Waals surface area contributed by atoms with Crippen LogP contribution in [0.15, 0.2) is 22.7 Å². The largest absolute Gasteiger partial charge is 0.416 e. The number of carbonyl (C=O) groups is 1. The first-order valence-electron chi connectivity index (χ1n) is 6.07. The molecule has 1 fully saturated rings. The third kappa shape index (κ3) is 4.14. The highest BCUT2D eigenvalue weighted by molar-refractivity contribution is 9.10. The summed E-state index contributed by atoms with van der Waals surface area (Å²) in [4.78, 5) is 13.2. The first-order valence-corrected chi connectivity index (χ1v) is 9.34. The van der Waals surface area contributed by atoms with Crippen LogP contribution in [0.25, 0.3) is 0 Å².